The molecule has 0 aromatic heterocycles. The second-order valence-corrected chi connectivity index (χ2v) is 8.32. The second kappa shape index (κ2) is 8.89. The van der Waals surface area contributed by atoms with Gasteiger partial charge < -0.3 is 5.32 Å². The highest BCUT2D eigenvalue weighted by atomic mass is 16.2. The molecule has 7 heteroatoms. The highest BCUT2D eigenvalue weighted by Gasteiger charge is 2.44. The van der Waals surface area contributed by atoms with E-state index in [1.54, 1.807) is 11.8 Å². The van der Waals surface area contributed by atoms with Gasteiger partial charge >= 0.3 is 6.03 Å². The number of anilines is 2. The van der Waals surface area contributed by atoms with E-state index >= 15 is 0 Å². The number of nitrogens with one attached hydrogen (secondary N) is 1. The van der Waals surface area contributed by atoms with Crippen LogP contribution in [0.4, 0.5) is 16.2 Å². The standard InChI is InChI=1S/C24H28N4O3/c1-17-8-10-21(11-9-17)28-18(2)23(30)27(24(28)31)16-26-14-12-19(13-15-26)22(29)25-20-6-4-3-5-7-20/h3-11,18-19H,12-16H2,1-2H3,(H,25,29)/t18-/m1/s1. The number of nitrogens with zero attached hydrogens (tertiary/aromatic N) is 3. The van der Waals surface area contributed by atoms with Crippen LogP contribution in [-0.4, -0.2) is 53.4 Å². The number of aryl methyl sites for hydroxylation is 1. The summed E-state index contributed by atoms with van der Waals surface area (Å²) in [6.45, 7) is 5.35. The van der Waals surface area contributed by atoms with E-state index in [-0.39, 0.29) is 30.4 Å². The largest absolute Gasteiger partial charge is 0.333 e. The summed E-state index contributed by atoms with van der Waals surface area (Å²) in [5.74, 6) is -0.225. The summed E-state index contributed by atoms with van der Waals surface area (Å²) in [7, 11) is 0. The zero-order chi connectivity index (χ0) is 22.0. The van der Waals surface area contributed by atoms with E-state index in [1.165, 1.54) is 4.90 Å². The topological polar surface area (TPSA) is 73.0 Å². The summed E-state index contributed by atoms with van der Waals surface area (Å²) in [4.78, 5) is 43.3. The van der Waals surface area contributed by atoms with Crippen molar-refractivity contribution in [1.29, 1.82) is 0 Å². The molecule has 4 amide bonds. The van der Waals surface area contributed by atoms with E-state index in [0.29, 0.717) is 25.9 Å². The lowest BCUT2D eigenvalue weighted by atomic mass is 9.96. The van der Waals surface area contributed by atoms with Crippen molar-refractivity contribution < 1.29 is 14.4 Å². The van der Waals surface area contributed by atoms with Gasteiger partial charge in [-0.1, -0.05) is 35.9 Å². The quantitative estimate of drug-likeness (QED) is 0.752. The third-order valence-electron chi connectivity index (χ3n) is 6.10. The number of likely N-dealkylation sites (tertiary alicyclic amines) is 1. The smallest absolute Gasteiger partial charge is 0.326 e. The number of carbonyl (C=O) groups is 3. The van der Waals surface area contributed by atoms with Gasteiger partial charge in [0, 0.05) is 30.4 Å². The van der Waals surface area contributed by atoms with Crippen LogP contribution in [0.15, 0.2) is 54.6 Å². The van der Waals surface area contributed by atoms with Gasteiger partial charge in [0.1, 0.15) is 6.04 Å². The Kier molecular flexibility index (Phi) is 6.04. The van der Waals surface area contributed by atoms with Crippen molar-refractivity contribution in [2.24, 2.45) is 5.92 Å². The predicted molar refractivity (Wildman–Crippen MR) is 120 cm³/mol. The third-order valence-corrected chi connectivity index (χ3v) is 6.10. The van der Waals surface area contributed by atoms with E-state index in [1.807, 2.05) is 61.5 Å². The van der Waals surface area contributed by atoms with Crippen LogP contribution >= 0.6 is 0 Å². The molecule has 4 rings (SSSR count). The van der Waals surface area contributed by atoms with Crippen LogP contribution in [0.3, 0.4) is 0 Å². The number of carbonyl (C=O) groups excluding carboxylic acids is 3. The Morgan fingerprint density at radius 3 is 2.29 bits per heavy atom. The lowest BCUT2D eigenvalue weighted by molar-refractivity contribution is -0.129. The maximum Gasteiger partial charge on any atom is 0.333 e. The Balaban J connectivity index is 1.34. The number of urea groups is 1. The number of hydrogen-bond acceptors (Lipinski definition) is 4. The summed E-state index contributed by atoms with van der Waals surface area (Å²) >= 11 is 0. The number of amides is 4. The molecule has 2 aliphatic heterocycles. The molecule has 2 saturated heterocycles. The van der Waals surface area contributed by atoms with E-state index in [9.17, 15) is 14.4 Å². The molecular weight excluding hydrogens is 392 g/mol. The summed E-state index contributed by atoms with van der Waals surface area (Å²) in [6.07, 6.45) is 1.40. The summed E-state index contributed by atoms with van der Waals surface area (Å²) in [5, 5.41) is 2.96. The molecule has 2 heterocycles. The predicted octanol–water partition coefficient (Wildman–Crippen LogP) is 3.46. The first-order valence-electron chi connectivity index (χ1n) is 10.7. The monoisotopic (exact) mass is 420 g/mol. The average molecular weight is 421 g/mol. The Hall–Kier alpha value is -3.19. The summed E-state index contributed by atoms with van der Waals surface area (Å²) in [5.41, 5.74) is 2.63. The Labute approximate surface area is 182 Å². The number of para-hydroxylation sites is 1. The summed E-state index contributed by atoms with van der Waals surface area (Å²) < 4.78 is 0. The Morgan fingerprint density at radius 1 is 1.00 bits per heavy atom. The molecule has 2 aromatic carbocycles. The van der Waals surface area contributed by atoms with Gasteiger partial charge in [0.2, 0.25) is 5.91 Å². The van der Waals surface area contributed by atoms with Crippen molar-refractivity contribution in [1.82, 2.24) is 9.80 Å². The molecule has 2 fully saturated rings. The number of imide groups is 1. The van der Waals surface area contributed by atoms with Gasteiger partial charge in [-0.25, -0.2) is 9.69 Å². The molecular formula is C24H28N4O3. The van der Waals surface area contributed by atoms with Crippen LogP contribution in [0.5, 0.6) is 0 Å². The molecule has 31 heavy (non-hydrogen) atoms. The van der Waals surface area contributed by atoms with Crippen LogP contribution in [-0.2, 0) is 9.59 Å². The second-order valence-electron chi connectivity index (χ2n) is 8.32. The van der Waals surface area contributed by atoms with Crippen molar-refractivity contribution in [3.63, 3.8) is 0 Å². The van der Waals surface area contributed by atoms with Gasteiger partial charge in [-0.2, -0.15) is 0 Å². The molecule has 0 radical (unpaired) electrons. The molecule has 7 nitrogen and oxygen atoms in total. The van der Waals surface area contributed by atoms with E-state index < -0.39 is 6.04 Å². The first-order valence-corrected chi connectivity index (χ1v) is 10.7. The van der Waals surface area contributed by atoms with Crippen LogP contribution in [0.25, 0.3) is 0 Å². The normalized spacial score (nSPS) is 20.4. The fourth-order valence-corrected chi connectivity index (χ4v) is 4.20. The zero-order valence-electron chi connectivity index (χ0n) is 18.0. The molecule has 0 bridgehead atoms. The fourth-order valence-electron chi connectivity index (χ4n) is 4.20. The van der Waals surface area contributed by atoms with Gasteiger partial charge in [0.05, 0.1) is 6.67 Å². The maximum atomic E-state index is 13.0. The van der Waals surface area contributed by atoms with Gasteiger partial charge in [0.25, 0.3) is 5.91 Å². The van der Waals surface area contributed by atoms with Crippen molar-refractivity contribution in [2.45, 2.75) is 32.7 Å². The van der Waals surface area contributed by atoms with E-state index in [4.69, 9.17) is 0 Å². The van der Waals surface area contributed by atoms with E-state index in [0.717, 1.165) is 16.9 Å². The molecule has 1 N–H and O–H groups in total. The van der Waals surface area contributed by atoms with Crippen molar-refractivity contribution in [3.8, 4) is 0 Å². The molecule has 2 aliphatic rings. The first-order chi connectivity index (χ1) is 14.9. The molecule has 2 aromatic rings. The van der Waals surface area contributed by atoms with Gasteiger partial charge in [0.15, 0.2) is 0 Å². The van der Waals surface area contributed by atoms with Crippen LogP contribution < -0.4 is 10.2 Å². The van der Waals surface area contributed by atoms with Crippen LogP contribution in [0.2, 0.25) is 0 Å². The molecule has 0 spiro atoms. The maximum absolute atomic E-state index is 13.0. The highest BCUT2D eigenvalue weighted by molar-refractivity contribution is 6.14. The molecule has 0 unspecified atom stereocenters. The molecule has 162 valence electrons. The number of rotatable bonds is 5. The number of hydrogen-bond donors (Lipinski definition) is 1. The minimum absolute atomic E-state index is 0.0262. The summed E-state index contributed by atoms with van der Waals surface area (Å²) in [6, 6.07) is 16.3. The molecule has 0 aliphatic carbocycles. The van der Waals surface area contributed by atoms with Gasteiger partial charge in [-0.05, 0) is 51.0 Å². The molecule has 0 saturated carbocycles. The molecule has 1 atom stereocenters. The lowest BCUT2D eigenvalue weighted by Gasteiger charge is -2.33. The van der Waals surface area contributed by atoms with Crippen molar-refractivity contribution in [3.05, 3.63) is 60.2 Å². The average Bonchev–Trinajstić information content (AvgIpc) is 2.99. The van der Waals surface area contributed by atoms with E-state index in [2.05, 4.69) is 10.2 Å². The SMILES string of the molecule is Cc1ccc(N2C(=O)N(CN3CCC(C(=O)Nc4ccccc4)CC3)C(=O)[C@H]2C)cc1. The minimum Gasteiger partial charge on any atom is -0.326 e. The minimum atomic E-state index is -0.524. The van der Waals surface area contributed by atoms with Crippen molar-refractivity contribution in [2.75, 3.05) is 30.0 Å². The van der Waals surface area contributed by atoms with Gasteiger partial charge in [-0.3, -0.25) is 19.4 Å². The third kappa shape index (κ3) is 4.46. The van der Waals surface area contributed by atoms with Crippen LogP contribution in [0.1, 0.15) is 25.3 Å². The van der Waals surface area contributed by atoms with Crippen LogP contribution in [0, 0.1) is 12.8 Å². The highest BCUT2D eigenvalue weighted by Crippen LogP contribution is 2.27. The zero-order valence-corrected chi connectivity index (χ0v) is 18.0. The first kappa shape index (κ1) is 21.1. The number of piperidine rings is 1. The van der Waals surface area contributed by atoms with Gasteiger partial charge in [-0.15, -0.1) is 0 Å². The fraction of sp³-hybridized carbons (Fsp3) is 0.375. The van der Waals surface area contributed by atoms with Crippen molar-refractivity contribution >= 4 is 29.2 Å². The number of benzene rings is 2. The Morgan fingerprint density at radius 2 is 1.65 bits per heavy atom. The lowest BCUT2D eigenvalue weighted by Crippen LogP contribution is -2.46. The Bertz CT molecular complexity index is 953.